The molecular formula is C16H22N2O. The summed E-state index contributed by atoms with van der Waals surface area (Å²) in [6.07, 6.45) is 3.88. The molecule has 1 heterocycles. The van der Waals surface area contributed by atoms with Crippen molar-refractivity contribution in [3.63, 3.8) is 0 Å². The number of nitriles is 1. The highest BCUT2D eigenvalue weighted by atomic mass is 16.5. The average molecular weight is 258 g/mol. The average Bonchev–Trinajstić information content (AvgIpc) is 2.47. The predicted molar refractivity (Wildman–Crippen MR) is 76.0 cm³/mol. The fraction of sp³-hybridized carbons (Fsp3) is 0.562. The predicted octanol–water partition coefficient (Wildman–Crippen LogP) is 3.19. The Balaban J connectivity index is 2.11. The summed E-state index contributed by atoms with van der Waals surface area (Å²) < 4.78 is 5.40. The lowest BCUT2D eigenvalue weighted by Crippen LogP contribution is -2.34. The second-order valence-corrected chi connectivity index (χ2v) is 5.29. The molecule has 1 aromatic carbocycles. The van der Waals surface area contributed by atoms with Crippen molar-refractivity contribution in [3.8, 4) is 11.8 Å². The zero-order valence-electron chi connectivity index (χ0n) is 11.9. The lowest BCUT2D eigenvalue weighted by atomic mass is 9.95. The van der Waals surface area contributed by atoms with Crippen molar-refractivity contribution in [3.05, 3.63) is 29.3 Å². The Kier molecular flexibility index (Phi) is 4.81. The van der Waals surface area contributed by atoms with E-state index in [9.17, 15) is 0 Å². The summed E-state index contributed by atoms with van der Waals surface area (Å²) in [5.74, 6) is 1.71. The van der Waals surface area contributed by atoms with Gasteiger partial charge in [-0.15, -0.1) is 0 Å². The molecule has 1 unspecified atom stereocenters. The highest BCUT2D eigenvalue weighted by Gasteiger charge is 2.19. The molecule has 1 saturated heterocycles. The van der Waals surface area contributed by atoms with Crippen molar-refractivity contribution < 1.29 is 4.74 Å². The monoisotopic (exact) mass is 258 g/mol. The minimum atomic E-state index is 0.708. The molecule has 2 rings (SSSR count). The van der Waals surface area contributed by atoms with Gasteiger partial charge in [-0.05, 0) is 43.5 Å². The Bertz CT molecular complexity index is 464. The summed E-state index contributed by atoms with van der Waals surface area (Å²) in [6.45, 7) is 5.47. The second kappa shape index (κ2) is 6.58. The third-order valence-electron chi connectivity index (χ3n) is 3.98. The molecule has 19 heavy (non-hydrogen) atoms. The Labute approximate surface area is 115 Å². The summed E-state index contributed by atoms with van der Waals surface area (Å²) in [4.78, 5) is 2.48. The van der Waals surface area contributed by atoms with Gasteiger partial charge in [0.05, 0.1) is 18.7 Å². The van der Waals surface area contributed by atoms with E-state index in [1.54, 1.807) is 7.11 Å². The van der Waals surface area contributed by atoms with Crippen LogP contribution in [-0.2, 0) is 6.54 Å². The molecule has 1 fully saturated rings. The van der Waals surface area contributed by atoms with Crippen LogP contribution in [0.4, 0.5) is 0 Å². The lowest BCUT2D eigenvalue weighted by Gasteiger charge is -2.32. The third kappa shape index (κ3) is 3.48. The smallest absolute Gasteiger partial charge is 0.123 e. The first-order valence-electron chi connectivity index (χ1n) is 7.06. The van der Waals surface area contributed by atoms with Gasteiger partial charge in [-0.25, -0.2) is 0 Å². The first-order chi connectivity index (χ1) is 9.26. The number of hydrogen-bond donors (Lipinski definition) is 0. The highest BCUT2D eigenvalue weighted by molar-refractivity contribution is 5.42. The molecule has 0 aromatic heterocycles. The second-order valence-electron chi connectivity index (χ2n) is 5.29. The van der Waals surface area contributed by atoms with E-state index in [4.69, 9.17) is 10.00 Å². The fourth-order valence-corrected chi connectivity index (χ4v) is 2.84. The number of rotatable bonds is 4. The molecular weight excluding hydrogens is 236 g/mol. The lowest BCUT2D eigenvalue weighted by molar-refractivity contribution is 0.163. The minimum Gasteiger partial charge on any atom is -0.496 e. The van der Waals surface area contributed by atoms with Gasteiger partial charge >= 0.3 is 0 Å². The van der Waals surface area contributed by atoms with Gasteiger partial charge in [-0.3, -0.25) is 4.90 Å². The van der Waals surface area contributed by atoms with Crippen LogP contribution in [0.1, 0.15) is 37.3 Å². The Morgan fingerprint density at radius 2 is 2.32 bits per heavy atom. The van der Waals surface area contributed by atoms with Crippen LogP contribution in [0, 0.1) is 17.2 Å². The zero-order chi connectivity index (χ0) is 13.7. The van der Waals surface area contributed by atoms with E-state index in [1.807, 2.05) is 18.2 Å². The number of nitrogens with zero attached hydrogens (tertiary/aromatic N) is 2. The van der Waals surface area contributed by atoms with Crippen molar-refractivity contribution in [2.45, 2.75) is 32.7 Å². The van der Waals surface area contributed by atoms with Gasteiger partial charge in [0.15, 0.2) is 0 Å². The van der Waals surface area contributed by atoms with Crippen LogP contribution in [-0.4, -0.2) is 25.1 Å². The molecule has 0 N–H and O–H groups in total. The van der Waals surface area contributed by atoms with Crippen LogP contribution in [0.25, 0.3) is 0 Å². The molecule has 3 heteroatoms. The number of benzene rings is 1. The molecule has 1 aliphatic rings. The fourth-order valence-electron chi connectivity index (χ4n) is 2.84. The number of piperidine rings is 1. The van der Waals surface area contributed by atoms with Gasteiger partial charge in [-0.2, -0.15) is 5.26 Å². The standard InChI is InChI=1S/C16H22N2O/c1-3-13-5-4-8-18(11-13)12-15-9-14(10-17)6-7-16(15)19-2/h6-7,9,13H,3-5,8,11-12H2,1-2H3. The van der Waals surface area contributed by atoms with Crippen molar-refractivity contribution in [1.82, 2.24) is 4.90 Å². The van der Waals surface area contributed by atoms with Crippen molar-refractivity contribution >= 4 is 0 Å². The van der Waals surface area contributed by atoms with E-state index in [0.29, 0.717) is 5.56 Å². The molecule has 1 atom stereocenters. The van der Waals surface area contributed by atoms with Crippen molar-refractivity contribution in [2.24, 2.45) is 5.92 Å². The molecule has 3 nitrogen and oxygen atoms in total. The first kappa shape index (κ1) is 13.9. The van der Waals surface area contributed by atoms with Crippen LogP contribution in [0.15, 0.2) is 18.2 Å². The van der Waals surface area contributed by atoms with E-state index < -0.39 is 0 Å². The highest BCUT2D eigenvalue weighted by Crippen LogP contribution is 2.25. The Morgan fingerprint density at radius 3 is 3.00 bits per heavy atom. The van der Waals surface area contributed by atoms with Crippen molar-refractivity contribution in [1.29, 1.82) is 5.26 Å². The van der Waals surface area contributed by atoms with Crippen LogP contribution in [0.3, 0.4) is 0 Å². The summed E-state index contributed by atoms with van der Waals surface area (Å²) in [5.41, 5.74) is 1.83. The summed E-state index contributed by atoms with van der Waals surface area (Å²) in [6, 6.07) is 7.87. The van der Waals surface area contributed by atoms with E-state index in [-0.39, 0.29) is 0 Å². The van der Waals surface area contributed by atoms with Gasteiger partial charge < -0.3 is 4.74 Å². The SMILES string of the molecule is CCC1CCCN(Cc2cc(C#N)ccc2OC)C1. The molecule has 0 spiro atoms. The Morgan fingerprint density at radius 1 is 1.47 bits per heavy atom. The Hall–Kier alpha value is -1.53. The first-order valence-corrected chi connectivity index (χ1v) is 7.06. The van der Waals surface area contributed by atoms with E-state index in [1.165, 1.54) is 19.3 Å². The van der Waals surface area contributed by atoms with Gasteiger partial charge in [0.1, 0.15) is 5.75 Å². The molecule has 0 amide bonds. The van der Waals surface area contributed by atoms with E-state index in [2.05, 4.69) is 17.9 Å². The van der Waals surface area contributed by atoms with E-state index >= 15 is 0 Å². The maximum absolute atomic E-state index is 9.01. The summed E-state index contributed by atoms with van der Waals surface area (Å²) >= 11 is 0. The molecule has 102 valence electrons. The zero-order valence-corrected chi connectivity index (χ0v) is 11.9. The largest absolute Gasteiger partial charge is 0.496 e. The van der Waals surface area contributed by atoms with Gasteiger partial charge in [-0.1, -0.05) is 13.3 Å². The molecule has 0 bridgehead atoms. The molecule has 1 aliphatic heterocycles. The van der Waals surface area contributed by atoms with Crippen LogP contribution >= 0.6 is 0 Å². The minimum absolute atomic E-state index is 0.708. The van der Waals surface area contributed by atoms with Gasteiger partial charge in [0.2, 0.25) is 0 Å². The topological polar surface area (TPSA) is 36.3 Å². The van der Waals surface area contributed by atoms with E-state index in [0.717, 1.165) is 36.9 Å². The number of likely N-dealkylation sites (tertiary alicyclic amines) is 1. The van der Waals surface area contributed by atoms with Gasteiger partial charge in [0.25, 0.3) is 0 Å². The molecule has 1 aromatic rings. The van der Waals surface area contributed by atoms with Crippen molar-refractivity contribution in [2.75, 3.05) is 20.2 Å². The number of ether oxygens (including phenoxy) is 1. The normalized spacial score (nSPS) is 19.9. The molecule has 0 saturated carbocycles. The maximum atomic E-state index is 9.01. The quantitative estimate of drug-likeness (QED) is 0.832. The van der Waals surface area contributed by atoms with Crippen LogP contribution < -0.4 is 4.74 Å². The third-order valence-corrected chi connectivity index (χ3v) is 3.98. The summed E-state index contributed by atoms with van der Waals surface area (Å²) in [7, 11) is 1.69. The van der Waals surface area contributed by atoms with Gasteiger partial charge in [0, 0.05) is 18.7 Å². The molecule has 0 radical (unpaired) electrons. The molecule has 0 aliphatic carbocycles. The summed E-state index contributed by atoms with van der Waals surface area (Å²) in [5, 5.41) is 9.01. The number of hydrogen-bond acceptors (Lipinski definition) is 3. The van der Waals surface area contributed by atoms with Crippen LogP contribution in [0.2, 0.25) is 0 Å². The number of methoxy groups -OCH3 is 1. The van der Waals surface area contributed by atoms with Crippen LogP contribution in [0.5, 0.6) is 5.75 Å². The maximum Gasteiger partial charge on any atom is 0.123 e.